The van der Waals surface area contributed by atoms with E-state index in [1.807, 2.05) is 24.3 Å². The molecule has 0 aliphatic carbocycles. The number of benzene rings is 2. The molecule has 0 spiro atoms. The van der Waals surface area contributed by atoms with Crippen LogP contribution in [-0.2, 0) is 26.6 Å². The number of thioether (sulfide) groups is 1. The zero-order valence-corrected chi connectivity index (χ0v) is 24.3. The maximum absolute atomic E-state index is 14.6. The highest BCUT2D eigenvalue weighted by Gasteiger charge is 2.53. The Morgan fingerprint density at radius 2 is 1.73 bits per heavy atom. The van der Waals surface area contributed by atoms with Crippen LogP contribution in [0.3, 0.4) is 0 Å². The molecule has 2 N–H and O–H groups in total. The number of ether oxygens (including phenoxy) is 1. The molecule has 0 bridgehead atoms. The highest BCUT2D eigenvalue weighted by atomic mass is 32.2. The van der Waals surface area contributed by atoms with Gasteiger partial charge in [0.25, 0.3) is 5.91 Å². The fraction of sp³-hybridized carbons (Fsp3) is 0.414. The van der Waals surface area contributed by atoms with Crippen molar-refractivity contribution in [1.82, 2.24) is 24.6 Å². The van der Waals surface area contributed by atoms with Crippen molar-refractivity contribution in [3.05, 3.63) is 76.9 Å². The van der Waals surface area contributed by atoms with Crippen LogP contribution in [0.1, 0.15) is 33.2 Å². The van der Waals surface area contributed by atoms with Gasteiger partial charge in [-0.15, -0.1) is 5.10 Å². The number of ketones is 1. The number of nitrogens with two attached hydrogens (primary N) is 1. The highest BCUT2D eigenvalue weighted by Crippen LogP contribution is 2.41. The largest absolute Gasteiger partial charge is 0.394 e. The number of halogens is 4. The van der Waals surface area contributed by atoms with Gasteiger partial charge in [0.1, 0.15) is 5.82 Å². The van der Waals surface area contributed by atoms with Gasteiger partial charge in [0.15, 0.2) is 16.8 Å². The lowest BCUT2D eigenvalue weighted by molar-refractivity contribution is -0.194. The van der Waals surface area contributed by atoms with Crippen LogP contribution >= 0.6 is 11.8 Å². The van der Waals surface area contributed by atoms with E-state index in [4.69, 9.17) is 10.5 Å². The molecule has 10 nitrogen and oxygen atoms in total. The van der Waals surface area contributed by atoms with E-state index in [-0.39, 0.29) is 23.0 Å². The minimum absolute atomic E-state index is 0.0881. The Labute approximate surface area is 254 Å². The number of aromatic nitrogens is 3. The third-order valence-electron chi connectivity index (χ3n) is 7.52. The first-order valence-electron chi connectivity index (χ1n) is 13.9. The smallest absolute Gasteiger partial charge is 0.378 e. The van der Waals surface area contributed by atoms with E-state index in [1.54, 1.807) is 0 Å². The average Bonchev–Trinajstić information content (AvgIpc) is 3.43. The molecule has 2 saturated heterocycles. The topological polar surface area (TPSA) is 124 Å². The van der Waals surface area contributed by atoms with Gasteiger partial charge in [0.2, 0.25) is 5.91 Å². The second-order valence-electron chi connectivity index (χ2n) is 10.5. The monoisotopic (exact) mass is 634 g/mol. The van der Waals surface area contributed by atoms with Gasteiger partial charge in [-0.1, -0.05) is 48.2 Å². The summed E-state index contributed by atoms with van der Waals surface area (Å²) >= 11 is 1.01. The first kappa shape index (κ1) is 31.8. The van der Waals surface area contributed by atoms with Crippen LogP contribution in [0.5, 0.6) is 0 Å². The maximum atomic E-state index is 14.6. The Balaban J connectivity index is 1.44. The van der Waals surface area contributed by atoms with Crippen molar-refractivity contribution >= 4 is 29.4 Å². The van der Waals surface area contributed by atoms with E-state index in [1.165, 1.54) is 28.0 Å². The zero-order valence-electron chi connectivity index (χ0n) is 23.5. The van der Waals surface area contributed by atoms with Gasteiger partial charge in [-0.05, 0) is 23.3 Å². The lowest BCUT2D eigenvalue weighted by Gasteiger charge is -2.38. The SMILES string of the molecule is NCc1ccc(CSc2nc(C3C(=O)CN(CC(=O)N4CCOCC4)CC3C(F)(F)F)nn2C(=O)c2ccccc2F)cc1. The van der Waals surface area contributed by atoms with Crippen LogP contribution in [0.4, 0.5) is 17.6 Å². The van der Waals surface area contributed by atoms with E-state index >= 15 is 0 Å². The molecule has 2 aliphatic heterocycles. The number of amides is 1. The summed E-state index contributed by atoms with van der Waals surface area (Å²) in [6.45, 7) is 0.219. The average molecular weight is 635 g/mol. The molecule has 2 fully saturated rings. The predicted molar refractivity (Wildman–Crippen MR) is 151 cm³/mol. The molecule has 1 amide bonds. The first-order chi connectivity index (χ1) is 21.0. The lowest BCUT2D eigenvalue weighted by atomic mass is 9.83. The third kappa shape index (κ3) is 7.17. The van der Waals surface area contributed by atoms with Crippen molar-refractivity contribution < 1.29 is 36.7 Å². The number of carbonyl (C=O) groups is 3. The molecule has 2 unspecified atom stereocenters. The second kappa shape index (κ2) is 13.5. The number of alkyl halides is 3. The van der Waals surface area contributed by atoms with Gasteiger partial charge in [-0.2, -0.15) is 17.9 Å². The number of likely N-dealkylation sites (tertiary alicyclic amines) is 1. The van der Waals surface area contributed by atoms with E-state index in [9.17, 15) is 31.9 Å². The van der Waals surface area contributed by atoms with Crippen molar-refractivity contribution in [2.75, 3.05) is 45.9 Å². The molecule has 234 valence electrons. The Hall–Kier alpha value is -3.66. The van der Waals surface area contributed by atoms with Crippen molar-refractivity contribution in [2.24, 2.45) is 11.7 Å². The van der Waals surface area contributed by atoms with Crippen LogP contribution in [-0.4, -0.2) is 94.3 Å². The fourth-order valence-electron chi connectivity index (χ4n) is 5.17. The van der Waals surface area contributed by atoms with Crippen molar-refractivity contribution in [2.45, 2.75) is 29.5 Å². The molecule has 44 heavy (non-hydrogen) atoms. The van der Waals surface area contributed by atoms with E-state index in [0.29, 0.717) is 32.8 Å². The third-order valence-corrected chi connectivity index (χ3v) is 8.52. The number of Topliss-reactive ketones (excluding diaryl/α,β-unsaturated/α-hetero) is 1. The molecule has 3 heterocycles. The fourth-order valence-corrected chi connectivity index (χ4v) is 6.06. The number of hydrogen-bond acceptors (Lipinski definition) is 9. The summed E-state index contributed by atoms with van der Waals surface area (Å²) in [7, 11) is 0. The van der Waals surface area contributed by atoms with Crippen molar-refractivity contribution in [3.8, 4) is 0 Å². The summed E-state index contributed by atoms with van der Waals surface area (Å²) in [6, 6.07) is 12.4. The number of morpholine rings is 1. The van der Waals surface area contributed by atoms with E-state index in [2.05, 4.69) is 10.1 Å². The van der Waals surface area contributed by atoms with Crippen LogP contribution in [0.15, 0.2) is 53.7 Å². The number of piperidine rings is 1. The highest BCUT2D eigenvalue weighted by molar-refractivity contribution is 7.98. The van der Waals surface area contributed by atoms with Crippen LogP contribution < -0.4 is 5.73 Å². The Kier molecular flexibility index (Phi) is 9.78. The van der Waals surface area contributed by atoms with Gasteiger partial charge in [-0.25, -0.2) is 9.37 Å². The summed E-state index contributed by atoms with van der Waals surface area (Å²) in [4.78, 5) is 46.4. The van der Waals surface area contributed by atoms with Gasteiger partial charge in [0.05, 0.1) is 43.7 Å². The Morgan fingerprint density at radius 3 is 2.39 bits per heavy atom. The minimum atomic E-state index is -4.85. The summed E-state index contributed by atoms with van der Waals surface area (Å²) in [5.41, 5.74) is 7.00. The molecule has 15 heteroatoms. The number of hydrogen-bond donors (Lipinski definition) is 1. The molecule has 2 aliphatic rings. The molecule has 3 aromatic rings. The van der Waals surface area contributed by atoms with Crippen molar-refractivity contribution in [3.63, 3.8) is 0 Å². The molecule has 2 atom stereocenters. The molecular weight excluding hydrogens is 604 g/mol. The summed E-state index contributed by atoms with van der Waals surface area (Å²) in [5, 5.41) is 4.00. The molecular formula is C29H30F4N6O4S. The summed E-state index contributed by atoms with van der Waals surface area (Å²) in [6.07, 6.45) is -4.85. The quantitative estimate of drug-likeness (QED) is 0.294. The normalized spacial score (nSPS) is 19.8. The number of rotatable bonds is 8. The molecule has 5 rings (SSSR count). The van der Waals surface area contributed by atoms with E-state index in [0.717, 1.165) is 33.6 Å². The van der Waals surface area contributed by atoms with Gasteiger partial charge in [0, 0.05) is 31.9 Å². The Morgan fingerprint density at radius 1 is 1.05 bits per heavy atom. The van der Waals surface area contributed by atoms with Gasteiger partial charge < -0.3 is 15.4 Å². The lowest BCUT2D eigenvalue weighted by Crippen LogP contribution is -2.54. The first-order valence-corrected chi connectivity index (χ1v) is 14.9. The van der Waals surface area contributed by atoms with Crippen LogP contribution in [0.2, 0.25) is 0 Å². The minimum Gasteiger partial charge on any atom is -0.378 e. The van der Waals surface area contributed by atoms with Crippen molar-refractivity contribution in [1.29, 1.82) is 0 Å². The summed E-state index contributed by atoms with van der Waals surface area (Å²) < 4.78 is 63.9. The molecule has 0 saturated carbocycles. The standard InChI is InChI=1S/C29H30F4N6O4S/c30-22-4-2-1-3-20(22)27(42)39-28(44-17-19-7-5-18(13-34)6-8-19)35-26(36-39)25-21(29(31,32)33)14-37(15-23(25)40)16-24(41)38-9-11-43-12-10-38/h1-8,21,25H,9-17,34H2. The predicted octanol–water partition coefficient (Wildman–Crippen LogP) is 2.86. The zero-order chi connectivity index (χ0) is 31.4. The summed E-state index contributed by atoms with van der Waals surface area (Å²) in [5.74, 6) is -7.29. The molecule has 0 radical (unpaired) electrons. The second-order valence-corrected chi connectivity index (χ2v) is 11.5. The molecule has 1 aromatic heterocycles. The van der Waals surface area contributed by atoms with E-state index < -0.39 is 60.3 Å². The maximum Gasteiger partial charge on any atom is 0.394 e. The molecule has 2 aromatic carbocycles. The van der Waals surface area contributed by atoms with Gasteiger partial charge >= 0.3 is 6.18 Å². The number of carbonyl (C=O) groups excluding carboxylic acids is 3. The van der Waals surface area contributed by atoms with Crippen LogP contribution in [0, 0.1) is 11.7 Å². The Bertz CT molecular complexity index is 1510. The van der Waals surface area contributed by atoms with Crippen LogP contribution in [0.25, 0.3) is 0 Å². The number of nitrogens with zero attached hydrogens (tertiary/aromatic N) is 5. The van der Waals surface area contributed by atoms with Gasteiger partial charge in [-0.3, -0.25) is 19.3 Å².